The molecule has 1 fully saturated rings. The lowest BCUT2D eigenvalue weighted by molar-refractivity contribution is 0.152. The topological polar surface area (TPSA) is 51.4 Å². The summed E-state index contributed by atoms with van der Waals surface area (Å²) < 4.78 is 5.53. The van der Waals surface area contributed by atoms with Gasteiger partial charge in [0.1, 0.15) is 5.82 Å². The highest BCUT2D eigenvalue weighted by Crippen LogP contribution is 2.27. The van der Waals surface area contributed by atoms with Gasteiger partial charge in [0.15, 0.2) is 0 Å². The van der Waals surface area contributed by atoms with Crippen LogP contribution in [0.3, 0.4) is 0 Å². The van der Waals surface area contributed by atoms with Crippen molar-refractivity contribution in [1.29, 1.82) is 0 Å². The van der Waals surface area contributed by atoms with Crippen molar-refractivity contribution < 1.29 is 4.74 Å². The summed E-state index contributed by atoms with van der Waals surface area (Å²) in [5.74, 6) is 1.11. The lowest BCUT2D eigenvalue weighted by Gasteiger charge is -2.26. The maximum Gasteiger partial charge on any atom is 0.133 e. The van der Waals surface area contributed by atoms with Gasteiger partial charge in [-0.2, -0.15) is 0 Å². The Kier molecular flexibility index (Phi) is 3.99. The van der Waals surface area contributed by atoms with Gasteiger partial charge in [0.2, 0.25) is 0 Å². The lowest BCUT2D eigenvalue weighted by Crippen LogP contribution is -2.29. The predicted octanol–water partition coefficient (Wildman–Crippen LogP) is 1.65. The largest absolute Gasteiger partial charge is 0.380 e. The van der Waals surface area contributed by atoms with Crippen molar-refractivity contribution in [2.24, 2.45) is 5.73 Å². The van der Waals surface area contributed by atoms with E-state index in [1.54, 1.807) is 0 Å². The zero-order valence-corrected chi connectivity index (χ0v) is 11.5. The third-order valence-electron chi connectivity index (χ3n) is 4.10. The van der Waals surface area contributed by atoms with Gasteiger partial charge in [-0.3, -0.25) is 0 Å². The highest BCUT2D eigenvalue weighted by atomic mass is 16.5. The van der Waals surface area contributed by atoms with Gasteiger partial charge in [0.05, 0.1) is 6.61 Å². The van der Waals surface area contributed by atoms with Gasteiger partial charge < -0.3 is 15.4 Å². The number of rotatable bonds is 2. The molecule has 4 nitrogen and oxygen atoms in total. The van der Waals surface area contributed by atoms with Gasteiger partial charge in [-0.15, -0.1) is 0 Å². The van der Waals surface area contributed by atoms with Gasteiger partial charge in [0.25, 0.3) is 0 Å². The summed E-state index contributed by atoms with van der Waals surface area (Å²) in [6.07, 6.45) is 5.92. The summed E-state index contributed by atoms with van der Waals surface area (Å²) in [5, 5.41) is 0. The van der Waals surface area contributed by atoms with Crippen molar-refractivity contribution in [3.8, 4) is 0 Å². The van der Waals surface area contributed by atoms with Crippen LogP contribution in [0.5, 0.6) is 0 Å². The van der Waals surface area contributed by atoms with E-state index in [1.165, 1.54) is 36.1 Å². The van der Waals surface area contributed by atoms with Gasteiger partial charge in [-0.25, -0.2) is 4.98 Å². The number of hydrogen-bond acceptors (Lipinski definition) is 4. The monoisotopic (exact) mass is 261 g/mol. The van der Waals surface area contributed by atoms with E-state index in [2.05, 4.69) is 11.0 Å². The summed E-state index contributed by atoms with van der Waals surface area (Å²) in [6.45, 7) is 4.19. The van der Waals surface area contributed by atoms with Crippen LogP contribution in [0.2, 0.25) is 0 Å². The first-order valence-corrected chi connectivity index (χ1v) is 7.43. The normalized spacial score (nSPS) is 19.9. The van der Waals surface area contributed by atoms with Crippen molar-refractivity contribution in [2.45, 2.75) is 38.6 Å². The Morgan fingerprint density at radius 3 is 2.95 bits per heavy atom. The fourth-order valence-electron chi connectivity index (χ4n) is 3.05. The zero-order chi connectivity index (χ0) is 13.1. The Bertz CT molecular complexity index is 439. The molecule has 3 rings (SSSR count). The minimum Gasteiger partial charge on any atom is -0.380 e. The maximum atomic E-state index is 5.93. The van der Waals surface area contributed by atoms with E-state index in [-0.39, 0.29) is 0 Å². The summed E-state index contributed by atoms with van der Waals surface area (Å²) >= 11 is 0. The molecule has 0 unspecified atom stereocenters. The minimum absolute atomic E-state index is 0.576. The van der Waals surface area contributed by atoms with E-state index in [4.69, 9.17) is 15.5 Å². The van der Waals surface area contributed by atoms with Crippen LogP contribution < -0.4 is 10.6 Å². The molecular weight excluding hydrogens is 238 g/mol. The summed E-state index contributed by atoms with van der Waals surface area (Å²) in [5.41, 5.74) is 9.84. The predicted molar refractivity (Wildman–Crippen MR) is 76.4 cm³/mol. The van der Waals surface area contributed by atoms with Gasteiger partial charge in [0, 0.05) is 37.5 Å². The molecule has 1 aliphatic heterocycles. The first kappa shape index (κ1) is 12.9. The van der Waals surface area contributed by atoms with Crippen LogP contribution in [-0.4, -0.2) is 31.3 Å². The maximum absolute atomic E-state index is 5.93. The molecule has 0 bridgehead atoms. The Morgan fingerprint density at radius 1 is 1.16 bits per heavy atom. The Morgan fingerprint density at radius 2 is 2.05 bits per heavy atom. The number of nitrogens with two attached hydrogens (primary N) is 1. The highest BCUT2D eigenvalue weighted by Gasteiger charge is 2.19. The fraction of sp³-hybridized carbons (Fsp3) is 0.667. The molecule has 19 heavy (non-hydrogen) atoms. The first-order chi connectivity index (χ1) is 9.38. The fourth-order valence-corrected chi connectivity index (χ4v) is 3.05. The van der Waals surface area contributed by atoms with Crippen LogP contribution in [0, 0.1) is 0 Å². The molecule has 0 atom stereocenters. The number of fused-ring (bicyclic) bond motifs is 1. The number of pyridine rings is 1. The Balaban J connectivity index is 1.93. The van der Waals surface area contributed by atoms with Crippen LogP contribution in [0.4, 0.5) is 5.82 Å². The van der Waals surface area contributed by atoms with Crippen molar-refractivity contribution >= 4 is 5.82 Å². The molecule has 0 amide bonds. The number of aromatic nitrogens is 1. The highest BCUT2D eigenvalue weighted by molar-refractivity contribution is 5.50. The number of aryl methyl sites for hydroxylation is 2. The van der Waals surface area contributed by atoms with Crippen LogP contribution in [0.25, 0.3) is 0 Å². The molecule has 1 aromatic heterocycles. The van der Waals surface area contributed by atoms with Gasteiger partial charge >= 0.3 is 0 Å². The van der Waals surface area contributed by atoms with Crippen molar-refractivity contribution in [2.75, 3.05) is 31.2 Å². The van der Waals surface area contributed by atoms with Crippen LogP contribution in [0.15, 0.2) is 6.07 Å². The second kappa shape index (κ2) is 5.88. The van der Waals surface area contributed by atoms with E-state index in [1.807, 2.05) is 0 Å². The Hall–Kier alpha value is -1.13. The lowest BCUT2D eigenvalue weighted by atomic mass is 9.94. The molecule has 0 saturated carbocycles. The van der Waals surface area contributed by atoms with Gasteiger partial charge in [-0.1, -0.05) is 0 Å². The molecule has 1 aromatic rings. The quantitative estimate of drug-likeness (QED) is 0.879. The standard InChI is InChI=1S/C15H23N3O/c16-11-13-10-12-4-1-2-5-14(12)17-15(13)18-6-3-8-19-9-7-18/h10H,1-9,11,16H2. The third kappa shape index (κ3) is 2.74. The van der Waals surface area contributed by atoms with E-state index >= 15 is 0 Å². The molecule has 0 spiro atoms. The second-order valence-electron chi connectivity index (χ2n) is 5.44. The molecule has 0 radical (unpaired) electrons. The summed E-state index contributed by atoms with van der Waals surface area (Å²) in [4.78, 5) is 7.29. The molecule has 0 aromatic carbocycles. The molecule has 104 valence electrons. The van der Waals surface area contributed by atoms with E-state index < -0.39 is 0 Å². The number of ether oxygens (including phenoxy) is 1. The van der Waals surface area contributed by atoms with Crippen LogP contribution in [-0.2, 0) is 24.1 Å². The minimum atomic E-state index is 0.576. The summed E-state index contributed by atoms with van der Waals surface area (Å²) in [7, 11) is 0. The molecule has 1 saturated heterocycles. The first-order valence-electron chi connectivity index (χ1n) is 7.43. The van der Waals surface area contributed by atoms with Crippen molar-refractivity contribution in [1.82, 2.24) is 4.98 Å². The summed E-state index contributed by atoms with van der Waals surface area (Å²) in [6, 6.07) is 2.29. The SMILES string of the molecule is NCc1cc2c(nc1N1CCCOCC1)CCCC2. The molecular formula is C15H23N3O. The zero-order valence-electron chi connectivity index (χ0n) is 11.5. The molecule has 1 aliphatic carbocycles. The van der Waals surface area contributed by atoms with Crippen molar-refractivity contribution in [3.05, 3.63) is 22.9 Å². The van der Waals surface area contributed by atoms with Crippen molar-refractivity contribution in [3.63, 3.8) is 0 Å². The average Bonchev–Trinajstić information content (AvgIpc) is 2.74. The smallest absolute Gasteiger partial charge is 0.133 e. The van der Waals surface area contributed by atoms with E-state index in [9.17, 15) is 0 Å². The molecule has 2 N–H and O–H groups in total. The molecule has 2 heterocycles. The van der Waals surface area contributed by atoms with E-state index in [0.717, 1.165) is 45.0 Å². The number of nitrogens with zero attached hydrogens (tertiary/aromatic N) is 2. The van der Waals surface area contributed by atoms with Crippen LogP contribution >= 0.6 is 0 Å². The van der Waals surface area contributed by atoms with E-state index in [0.29, 0.717) is 6.54 Å². The number of anilines is 1. The third-order valence-corrected chi connectivity index (χ3v) is 4.10. The molecule has 2 aliphatic rings. The second-order valence-corrected chi connectivity index (χ2v) is 5.44. The average molecular weight is 261 g/mol. The van der Waals surface area contributed by atoms with Crippen LogP contribution in [0.1, 0.15) is 36.1 Å². The molecule has 4 heteroatoms. The number of hydrogen-bond donors (Lipinski definition) is 1. The van der Waals surface area contributed by atoms with Gasteiger partial charge in [-0.05, 0) is 43.7 Å². The Labute approximate surface area is 115 Å².